The predicted octanol–water partition coefficient (Wildman–Crippen LogP) is 2.97. The second-order valence-electron chi connectivity index (χ2n) is 15.9. The summed E-state index contributed by atoms with van der Waals surface area (Å²) >= 11 is 6.45. The minimum absolute atomic E-state index is 0.0278. The number of carbonyl (C=O) groups is 3. The van der Waals surface area contributed by atoms with Crippen LogP contribution in [0.5, 0.6) is 5.75 Å². The number of benzene rings is 2. The highest BCUT2D eigenvalue weighted by Gasteiger charge is 2.50. The number of anilines is 1. The Morgan fingerprint density at radius 1 is 1.09 bits per heavy atom. The molecule has 0 radical (unpaired) electrons. The number of carbonyl (C=O) groups excluding carboxylic acids is 3. The van der Waals surface area contributed by atoms with Crippen molar-refractivity contribution < 1.29 is 37.8 Å². The van der Waals surface area contributed by atoms with Crippen molar-refractivity contribution in [3.8, 4) is 5.75 Å². The lowest BCUT2D eigenvalue weighted by Gasteiger charge is -2.49. The van der Waals surface area contributed by atoms with Gasteiger partial charge in [-0.15, -0.1) is 0 Å². The van der Waals surface area contributed by atoms with Crippen LogP contribution in [-0.4, -0.2) is 118 Å². The van der Waals surface area contributed by atoms with Crippen LogP contribution >= 0.6 is 11.6 Å². The first-order valence-corrected chi connectivity index (χ1v) is 20.3. The fourth-order valence-electron chi connectivity index (χ4n) is 8.45. The van der Waals surface area contributed by atoms with Crippen LogP contribution in [0.1, 0.15) is 61.6 Å². The topological polar surface area (TPSA) is 160 Å². The van der Waals surface area contributed by atoms with E-state index in [9.17, 15) is 33.0 Å². The number of nitrogens with zero attached hydrogens (tertiary/aromatic N) is 4. The number of rotatable bonds is 5. The van der Waals surface area contributed by atoms with Gasteiger partial charge in [0.05, 0.1) is 30.7 Å². The maximum Gasteiger partial charge on any atom is 0.303 e. The van der Waals surface area contributed by atoms with E-state index < -0.39 is 45.1 Å². The zero-order chi connectivity index (χ0) is 39.2. The summed E-state index contributed by atoms with van der Waals surface area (Å²) < 4.78 is 35.1. The van der Waals surface area contributed by atoms with E-state index >= 15 is 0 Å². The van der Waals surface area contributed by atoms with Gasteiger partial charge in [0.2, 0.25) is 11.8 Å². The van der Waals surface area contributed by atoms with Gasteiger partial charge in [-0.3, -0.25) is 14.4 Å². The molecule has 1 saturated carbocycles. The standard InChI is InChI=1S/C39H52ClN5O8S/c1-42(2)34(46)21-38(49)17-6-7-18-44(5)35(47)22-39(50,36(48)41-54(51,52)43(3)4)28-11-15-33-32(20-28)45(23-27-10-13-31(27)38)24-37(25-53-33)16-8-9-26-19-29(40)12-14-30(26)37/h6,11-12,14-15,17,19-20,27,31,49-50H,7-10,13,16,18,21-25H2,1-5H3,(H,41,48)/t27-,31+,37-,38-,39+/m0/s1. The Morgan fingerprint density at radius 3 is 2.54 bits per heavy atom. The lowest BCUT2D eigenvalue weighted by Crippen LogP contribution is -2.53. The molecular weight excluding hydrogens is 734 g/mol. The molecule has 2 bridgehead atoms. The molecule has 0 unspecified atom stereocenters. The molecular formula is C39H52ClN5O8S. The van der Waals surface area contributed by atoms with E-state index in [4.69, 9.17) is 16.3 Å². The Morgan fingerprint density at radius 2 is 1.85 bits per heavy atom. The van der Waals surface area contributed by atoms with Crippen molar-refractivity contribution in [2.75, 3.05) is 66.4 Å². The number of aliphatic hydroxyl groups is 2. The van der Waals surface area contributed by atoms with Crippen molar-refractivity contribution in [3.63, 3.8) is 0 Å². The number of aryl methyl sites for hydroxylation is 1. The van der Waals surface area contributed by atoms with E-state index in [1.54, 1.807) is 38.4 Å². The molecule has 54 heavy (non-hydrogen) atoms. The predicted molar refractivity (Wildman–Crippen MR) is 205 cm³/mol. The molecule has 294 valence electrons. The van der Waals surface area contributed by atoms with E-state index in [1.165, 1.54) is 37.0 Å². The third kappa shape index (κ3) is 7.73. The minimum Gasteiger partial charge on any atom is -0.490 e. The molecule has 0 aromatic heterocycles. The summed E-state index contributed by atoms with van der Waals surface area (Å²) in [6, 6.07) is 10.7. The van der Waals surface area contributed by atoms with Crippen LogP contribution in [-0.2, 0) is 42.0 Å². The van der Waals surface area contributed by atoms with Crippen molar-refractivity contribution in [2.24, 2.45) is 11.8 Å². The van der Waals surface area contributed by atoms with Gasteiger partial charge in [-0.25, -0.2) is 4.72 Å². The number of hydrogen-bond acceptors (Lipinski definition) is 9. The largest absolute Gasteiger partial charge is 0.490 e. The molecule has 5 atom stereocenters. The highest BCUT2D eigenvalue weighted by atomic mass is 35.5. The first kappa shape index (κ1) is 40.0. The highest BCUT2D eigenvalue weighted by molar-refractivity contribution is 7.87. The van der Waals surface area contributed by atoms with Gasteiger partial charge in [-0.05, 0) is 91.3 Å². The quantitative estimate of drug-likeness (QED) is 0.388. The summed E-state index contributed by atoms with van der Waals surface area (Å²) in [6.07, 6.45) is 7.08. The Labute approximate surface area is 323 Å². The normalized spacial score (nSPS) is 28.7. The molecule has 1 fully saturated rings. The molecule has 6 rings (SSSR count). The molecule has 3 N–H and O–H groups in total. The summed E-state index contributed by atoms with van der Waals surface area (Å²) in [5.74, 6) is -1.86. The first-order valence-electron chi connectivity index (χ1n) is 18.5. The van der Waals surface area contributed by atoms with Crippen LogP contribution in [0.15, 0.2) is 48.6 Å². The van der Waals surface area contributed by atoms with Crippen molar-refractivity contribution >= 4 is 45.2 Å². The number of halogens is 1. The molecule has 1 spiro atoms. The van der Waals surface area contributed by atoms with Crippen LogP contribution in [0.4, 0.5) is 5.69 Å². The summed E-state index contributed by atoms with van der Waals surface area (Å²) in [5, 5.41) is 25.2. The number of fused-ring (bicyclic) bond motifs is 4. The summed E-state index contributed by atoms with van der Waals surface area (Å²) in [4.78, 5) is 45.8. The van der Waals surface area contributed by atoms with E-state index in [2.05, 4.69) is 11.0 Å². The maximum atomic E-state index is 13.9. The molecule has 15 heteroatoms. The zero-order valence-corrected chi connectivity index (χ0v) is 33.3. The third-order valence-electron chi connectivity index (χ3n) is 11.9. The molecule has 13 nitrogen and oxygen atoms in total. The van der Waals surface area contributed by atoms with Crippen LogP contribution in [0, 0.1) is 11.8 Å². The fourth-order valence-corrected chi connectivity index (χ4v) is 9.23. The molecule has 2 heterocycles. The van der Waals surface area contributed by atoms with Gasteiger partial charge in [-0.2, -0.15) is 12.7 Å². The van der Waals surface area contributed by atoms with Crippen molar-refractivity contribution in [2.45, 2.75) is 68.0 Å². The SMILES string of the molecule is CN(C)C(=O)C[C@@]1(O)C=CCCN(C)C(=O)C[C@](O)(C(=O)NS(=O)(=O)N(C)C)c2ccc3c(c2)N(C[C@@H]2CC[C@H]21)C[C@@]1(CCCc2cc(Cl)ccc21)CO3. The van der Waals surface area contributed by atoms with E-state index in [0.29, 0.717) is 49.0 Å². The molecule has 2 aliphatic heterocycles. The lowest BCUT2D eigenvalue weighted by molar-refractivity contribution is -0.148. The Balaban J connectivity index is 1.50. The Kier molecular flexibility index (Phi) is 11.2. The van der Waals surface area contributed by atoms with Crippen LogP contribution in [0.2, 0.25) is 5.02 Å². The van der Waals surface area contributed by atoms with Gasteiger partial charge in [0.15, 0.2) is 5.60 Å². The van der Waals surface area contributed by atoms with Gasteiger partial charge in [-0.1, -0.05) is 35.9 Å². The average Bonchev–Trinajstić information content (AvgIpc) is 3.24. The second kappa shape index (κ2) is 15.1. The van der Waals surface area contributed by atoms with Gasteiger partial charge in [0.25, 0.3) is 5.91 Å². The number of nitrogens with one attached hydrogen (secondary N) is 1. The van der Waals surface area contributed by atoms with E-state index in [1.807, 2.05) is 16.9 Å². The number of ether oxygens (including phenoxy) is 1. The highest BCUT2D eigenvalue weighted by Crippen LogP contribution is 2.49. The van der Waals surface area contributed by atoms with Gasteiger partial charge in [0.1, 0.15) is 5.75 Å². The lowest BCUT2D eigenvalue weighted by atomic mass is 9.63. The molecule has 2 aromatic rings. The van der Waals surface area contributed by atoms with Gasteiger partial charge in [0, 0.05) is 65.3 Å². The molecule has 0 saturated heterocycles. The van der Waals surface area contributed by atoms with Gasteiger partial charge < -0.3 is 29.6 Å². The van der Waals surface area contributed by atoms with Crippen LogP contribution < -0.4 is 14.4 Å². The van der Waals surface area contributed by atoms with Crippen LogP contribution in [0.25, 0.3) is 0 Å². The van der Waals surface area contributed by atoms with E-state index in [-0.39, 0.29) is 36.3 Å². The maximum absolute atomic E-state index is 13.9. The van der Waals surface area contributed by atoms with Crippen molar-refractivity contribution in [3.05, 3.63) is 70.3 Å². The number of amides is 3. The Hall–Kier alpha value is -3.69. The number of hydrogen-bond donors (Lipinski definition) is 3. The minimum atomic E-state index is -4.33. The summed E-state index contributed by atoms with van der Waals surface area (Å²) in [7, 11) is 3.03. The molecule has 2 aromatic carbocycles. The molecule has 4 aliphatic rings. The second-order valence-corrected chi connectivity index (χ2v) is 18.3. The summed E-state index contributed by atoms with van der Waals surface area (Å²) in [5.41, 5.74) is -1.59. The molecule has 2 aliphatic carbocycles. The van der Waals surface area contributed by atoms with Gasteiger partial charge >= 0.3 is 10.2 Å². The van der Waals surface area contributed by atoms with Crippen molar-refractivity contribution in [1.82, 2.24) is 18.8 Å². The summed E-state index contributed by atoms with van der Waals surface area (Å²) in [6.45, 7) is 1.48. The fraction of sp³-hybridized carbons (Fsp3) is 0.564. The Bertz CT molecular complexity index is 1940. The van der Waals surface area contributed by atoms with Crippen LogP contribution in [0.3, 0.4) is 0 Å². The third-order valence-corrected chi connectivity index (χ3v) is 13.6. The average molecular weight is 786 g/mol. The zero-order valence-electron chi connectivity index (χ0n) is 31.7. The van der Waals surface area contributed by atoms with E-state index in [0.717, 1.165) is 41.1 Å². The monoisotopic (exact) mass is 785 g/mol. The smallest absolute Gasteiger partial charge is 0.303 e. The first-order chi connectivity index (χ1) is 25.4. The molecule has 3 amide bonds. The van der Waals surface area contributed by atoms with Crippen molar-refractivity contribution in [1.29, 1.82) is 0 Å².